The summed E-state index contributed by atoms with van der Waals surface area (Å²) in [4.78, 5) is 4.02. The van der Waals surface area contributed by atoms with Gasteiger partial charge in [0.25, 0.3) is 0 Å². The zero-order chi connectivity index (χ0) is 14.4. The first-order valence-corrected chi connectivity index (χ1v) is 5.87. The lowest BCUT2D eigenvalue weighted by molar-refractivity contribution is 0.329. The van der Waals surface area contributed by atoms with E-state index in [4.69, 9.17) is 10.00 Å². The average Bonchev–Trinajstić information content (AvgIpc) is 2.47. The van der Waals surface area contributed by atoms with E-state index >= 15 is 0 Å². The van der Waals surface area contributed by atoms with Crippen molar-refractivity contribution in [3.63, 3.8) is 0 Å². The Balaban J connectivity index is 1.85. The Labute approximate surface area is 114 Å². The summed E-state index contributed by atoms with van der Waals surface area (Å²) in [6, 6.07) is 8.66. The number of pyridine rings is 1. The van der Waals surface area contributed by atoms with Gasteiger partial charge in [-0.2, -0.15) is 5.26 Å². The molecular weight excluding hydrogens is 264 g/mol. The maximum atomic E-state index is 12.9. The van der Waals surface area contributed by atoms with Crippen LogP contribution in [-0.2, 0) is 0 Å². The molecule has 102 valence electrons. The maximum absolute atomic E-state index is 12.9. The van der Waals surface area contributed by atoms with Gasteiger partial charge in [0, 0.05) is 12.3 Å². The highest BCUT2D eigenvalue weighted by molar-refractivity contribution is 5.51. The third-order valence-corrected chi connectivity index (χ3v) is 2.48. The second-order valence-corrected chi connectivity index (χ2v) is 3.86. The lowest BCUT2D eigenvalue weighted by Crippen LogP contribution is -2.13. The van der Waals surface area contributed by atoms with Crippen molar-refractivity contribution in [1.29, 1.82) is 5.26 Å². The standard InChI is InChI=1S/C14H11F2N3O/c15-12-4-3-11(8-13(12)16)20-7-6-19-14-10(9-17)2-1-5-18-14/h1-5,8H,6-7H2,(H,18,19). The van der Waals surface area contributed by atoms with Gasteiger partial charge in [-0.3, -0.25) is 0 Å². The molecule has 20 heavy (non-hydrogen) atoms. The summed E-state index contributed by atoms with van der Waals surface area (Å²) in [6.45, 7) is 0.608. The molecule has 4 nitrogen and oxygen atoms in total. The molecule has 1 aromatic heterocycles. The first-order chi connectivity index (χ1) is 9.70. The fourth-order valence-corrected chi connectivity index (χ4v) is 1.54. The van der Waals surface area contributed by atoms with Crippen molar-refractivity contribution in [2.45, 2.75) is 0 Å². The zero-order valence-electron chi connectivity index (χ0n) is 10.4. The fraction of sp³-hybridized carbons (Fsp3) is 0.143. The smallest absolute Gasteiger partial charge is 0.162 e. The molecule has 0 aliphatic rings. The molecule has 0 amide bonds. The van der Waals surface area contributed by atoms with E-state index in [2.05, 4.69) is 10.3 Å². The summed E-state index contributed by atoms with van der Waals surface area (Å²) < 4.78 is 30.9. The predicted molar refractivity (Wildman–Crippen MR) is 69.3 cm³/mol. The van der Waals surface area contributed by atoms with Gasteiger partial charge in [-0.15, -0.1) is 0 Å². The van der Waals surface area contributed by atoms with Crippen LogP contribution in [0.3, 0.4) is 0 Å². The lowest BCUT2D eigenvalue weighted by atomic mass is 10.3. The van der Waals surface area contributed by atoms with E-state index in [1.807, 2.05) is 6.07 Å². The van der Waals surface area contributed by atoms with Crippen LogP contribution in [0.5, 0.6) is 5.75 Å². The SMILES string of the molecule is N#Cc1cccnc1NCCOc1ccc(F)c(F)c1. The molecule has 1 heterocycles. The summed E-state index contributed by atoms with van der Waals surface area (Å²) in [7, 11) is 0. The minimum atomic E-state index is -0.952. The summed E-state index contributed by atoms with van der Waals surface area (Å²) in [5.74, 6) is -1.16. The number of nitrogens with one attached hydrogen (secondary N) is 1. The Bertz CT molecular complexity index is 641. The number of ether oxygens (including phenoxy) is 1. The van der Waals surface area contributed by atoms with E-state index in [9.17, 15) is 8.78 Å². The van der Waals surface area contributed by atoms with E-state index in [-0.39, 0.29) is 12.4 Å². The number of rotatable bonds is 5. The van der Waals surface area contributed by atoms with Gasteiger partial charge in [-0.25, -0.2) is 13.8 Å². The zero-order valence-corrected chi connectivity index (χ0v) is 10.4. The summed E-state index contributed by atoms with van der Waals surface area (Å²) in [5, 5.41) is 11.8. The van der Waals surface area contributed by atoms with E-state index in [0.29, 0.717) is 17.9 Å². The van der Waals surface area contributed by atoms with Crippen molar-refractivity contribution in [3.8, 4) is 11.8 Å². The van der Waals surface area contributed by atoms with Crippen molar-refractivity contribution < 1.29 is 13.5 Å². The second-order valence-electron chi connectivity index (χ2n) is 3.86. The van der Waals surface area contributed by atoms with Crippen LogP contribution < -0.4 is 10.1 Å². The lowest BCUT2D eigenvalue weighted by Gasteiger charge is -2.09. The first kappa shape index (κ1) is 13.7. The topological polar surface area (TPSA) is 57.9 Å². The first-order valence-electron chi connectivity index (χ1n) is 5.87. The van der Waals surface area contributed by atoms with Gasteiger partial charge < -0.3 is 10.1 Å². The molecule has 0 aliphatic carbocycles. The Morgan fingerprint density at radius 3 is 2.85 bits per heavy atom. The Morgan fingerprint density at radius 2 is 2.10 bits per heavy atom. The molecule has 2 aromatic rings. The fourth-order valence-electron chi connectivity index (χ4n) is 1.54. The molecule has 0 fully saturated rings. The van der Waals surface area contributed by atoms with Crippen LogP contribution in [0.15, 0.2) is 36.5 Å². The number of nitrogens with zero attached hydrogens (tertiary/aromatic N) is 2. The van der Waals surface area contributed by atoms with Crippen LogP contribution in [0, 0.1) is 23.0 Å². The number of halogens is 2. The molecule has 6 heteroatoms. The monoisotopic (exact) mass is 275 g/mol. The largest absolute Gasteiger partial charge is 0.492 e. The summed E-state index contributed by atoms with van der Waals surface area (Å²) >= 11 is 0. The third kappa shape index (κ3) is 3.42. The molecule has 2 rings (SSSR count). The molecular formula is C14H11F2N3O. The number of aromatic nitrogens is 1. The van der Waals surface area contributed by atoms with Crippen LogP contribution in [0.4, 0.5) is 14.6 Å². The molecule has 0 atom stereocenters. The number of anilines is 1. The summed E-state index contributed by atoms with van der Waals surface area (Å²) in [6.07, 6.45) is 1.57. The molecule has 0 spiro atoms. The van der Waals surface area contributed by atoms with Crippen molar-refractivity contribution in [2.24, 2.45) is 0 Å². The summed E-state index contributed by atoms with van der Waals surface area (Å²) in [5.41, 5.74) is 0.431. The van der Waals surface area contributed by atoms with E-state index in [0.717, 1.165) is 12.1 Å². The predicted octanol–water partition coefficient (Wildman–Crippen LogP) is 2.72. The van der Waals surface area contributed by atoms with Gasteiger partial charge in [0.15, 0.2) is 11.6 Å². The molecule has 1 aromatic carbocycles. The number of hydrogen-bond acceptors (Lipinski definition) is 4. The highest BCUT2D eigenvalue weighted by Crippen LogP contribution is 2.15. The number of hydrogen-bond donors (Lipinski definition) is 1. The van der Waals surface area contributed by atoms with Crippen molar-refractivity contribution in [3.05, 3.63) is 53.7 Å². The molecule has 0 bridgehead atoms. The molecule has 0 aliphatic heterocycles. The van der Waals surface area contributed by atoms with Crippen molar-refractivity contribution in [2.75, 3.05) is 18.5 Å². The van der Waals surface area contributed by atoms with E-state index in [1.165, 1.54) is 6.07 Å². The highest BCUT2D eigenvalue weighted by atomic mass is 19.2. The van der Waals surface area contributed by atoms with Gasteiger partial charge in [0.05, 0.1) is 12.1 Å². The minimum absolute atomic E-state index is 0.229. The van der Waals surface area contributed by atoms with Crippen molar-refractivity contribution in [1.82, 2.24) is 4.98 Å². The van der Waals surface area contributed by atoms with Gasteiger partial charge in [0.1, 0.15) is 24.2 Å². The molecule has 0 radical (unpaired) electrons. The van der Waals surface area contributed by atoms with Gasteiger partial charge in [0.2, 0.25) is 0 Å². The van der Waals surface area contributed by atoms with Crippen LogP contribution in [0.1, 0.15) is 5.56 Å². The quantitative estimate of drug-likeness (QED) is 0.852. The Hall–Kier alpha value is -2.68. The minimum Gasteiger partial charge on any atom is -0.492 e. The highest BCUT2D eigenvalue weighted by Gasteiger charge is 2.04. The third-order valence-electron chi connectivity index (χ3n) is 2.48. The van der Waals surface area contributed by atoms with Gasteiger partial charge in [-0.05, 0) is 24.3 Å². The molecule has 0 saturated carbocycles. The van der Waals surface area contributed by atoms with E-state index < -0.39 is 11.6 Å². The molecule has 1 N–H and O–H groups in total. The molecule has 0 saturated heterocycles. The van der Waals surface area contributed by atoms with Crippen LogP contribution in [0.25, 0.3) is 0 Å². The number of nitriles is 1. The van der Waals surface area contributed by atoms with Crippen molar-refractivity contribution >= 4 is 5.82 Å². The normalized spacial score (nSPS) is 9.85. The van der Waals surface area contributed by atoms with Gasteiger partial charge in [-0.1, -0.05) is 0 Å². The second kappa shape index (κ2) is 6.48. The van der Waals surface area contributed by atoms with E-state index in [1.54, 1.807) is 18.3 Å². The molecule has 0 unspecified atom stereocenters. The average molecular weight is 275 g/mol. The van der Waals surface area contributed by atoms with Gasteiger partial charge >= 0.3 is 0 Å². The number of benzene rings is 1. The maximum Gasteiger partial charge on any atom is 0.162 e. The van der Waals surface area contributed by atoms with Crippen LogP contribution in [-0.4, -0.2) is 18.1 Å². The Kier molecular flexibility index (Phi) is 4.45. The Morgan fingerprint density at radius 1 is 1.25 bits per heavy atom. The van der Waals surface area contributed by atoms with Crippen LogP contribution in [0.2, 0.25) is 0 Å². The van der Waals surface area contributed by atoms with Crippen LogP contribution >= 0.6 is 0 Å².